The molecule has 0 aliphatic heterocycles. The number of ketones is 1. The van der Waals surface area contributed by atoms with Gasteiger partial charge in [-0.1, -0.05) is 42.5 Å². The van der Waals surface area contributed by atoms with Crippen molar-refractivity contribution in [3.8, 4) is 0 Å². The molecular weight excluding hydrogens is 226 g/mol. The fraction of sp³-hybridized carbons (Fsp3) is 0.0714. The van der Waals surface area contributed by atoms with E-state index in [9.17, 15) is 4.79 Å². The highest BCUT2D eigenvalue weighted by molar-refractivity contribution is 6.07. The summed E-state index contributed by atoms with van der Waals surface area (Å²) in [6.45, 7) is 0.216. The van der Waals surface area contributed by atoms with Crippen molar-refractivity contribution in [2.45, 2.75) is 6.54 Å². The van der Waals surface area contributed by atoms with Crippen LogP contribution in [0, 0.1) is 0 Å². The number of aromatic nitrogens is 3. The molecule has 88 valence electrons. The lowest BCUT2D eigenvalue weighted by atomic mass is 10.0. The molecule has 4 nitrogen and oxygen atoms in total. The van der Waals surface area contributed by atoms with Crippen molar-refractivity contribution in [3.63, 3.8) is 0 Å². The molecule has 0 aliphatic rings. The van der Waals surface area contributed by atoms with Gasteiger partial charge in [-0.2, -0.15) is 5.10 Å². The van der Waals surface area contributed by atoms with Crippen molar-refractivity contribution >= 4 is 16.6 Å². The van der Waals surface area contributed by atoms with Crippen molar-refractivity contribution in [1.29, 1.82) is 0 Å². The second-order valence-corrected chi connectivity index (χ2v) is 4.04. The predicted molar refractivity (Wildman–Crippen MR) is 68.3 cm³/mol. The van der Waals surface area contributed by atoms with Gasteiger partial charge in [0.1, 0.15) is 19.2 Å². The first-order chi connectivity index (χ1) is 8.84. The molecule has 0 saturated carbocycles. The van der Waals surface area contributed by atoms with Crippen molar-refractivity contribution in [2.75, 3.05) is 0 Å². The average molecular weight is 237 g/mol. The first-order valence-corrected chi connectivity index (χ1v) is 5.68. The minimum absolute atomic E-state index is 0.0392. The van der Waals surface area contributed by atoms with E-state index in [1.807, 2.05) is 42.5 Å². The van der Waals surface area contributed by atoms with Crippen LogP contribution < -0.4 is 0 Å². The normalized spacial score (nSPS) is 10.7. The standard InChI is InChI=1S/C14H11N3O/c18-14(8-17-10-15-9-16-17)13-7-3-5-11-4-1-2-6-12(11)13/h1-7,9-10H,8H2. The zero-order chi connectivity index (χ0) is 12.4. The number of carbonyl (C=O) groups is 1. The van der Waals surface area contributed by atoms with Gasteiger partial charge in [0.25, 0.3) is 0 Å². The fourth-order valence-electron chi connectivity index (χ4n) is 2.02. The zero-order valence-corrected chi connectivity index (χ0v) is 9.65. The number of carbonyl (C=O) groups excluding carboxylic acids is 1. The van der Waals surface area contributed by atoms with E-state index in [4.69, 9.17) is 0 Å². The number of rotatable bonds is 3. The molecule has 2 aromatic carbocycles. The van der Waals surface area contributed by atoms with Crippen LogP contribution in [0.4, 0.5) is 0 Å². The molecule has 0 radical (unpaired) electrons. The van der Waals surface area contributed by atoms with Crippen LogP contribution in [0.2, 0.25) is 0 Å². The van der Waals surface area contributed by atoms with Gasteiger partial charge < -0.3 is 0 Å². The molecule has 0 amide bonds. The first kappa shape index (κ1) is 10.7. The van der Waals surface area contributed by atoms with Gasteiger partial charge in [0, 0.05) is 5.56 Å². The van der Waals surface area contributed by atoms with Crippen molar-refractivity contribution in [3.05, 3.63) is 60.7 Å². The number of nitrogens with zero attached hydrogens (tertiary/aromatic N) is 3. The SMILES string of the molecule is O=C(Cn1cncn1)c1cccc2ccccc12. The fourth-order valence-corrected chi connectivity index (χ4v) is 2.02. The summed E-state index contributed by atoms with van der Waals surface area (Å²) in [4.78, 5) is 16.1. The van der Waals surface area contributed by atoms with Gasteiger partial charge in [0.2, 0.25) is 0 Å². The Morgan fingerprint density at radius 2 is 1.94 bits per heavy atom. The molecule has 0 spiro atoms. The minimum Gasteiger partial charge on any atom is -0.292 e. The Morgan fingerprint density at radius 3 is 2.78 bits per heavy atom. The third-order valence-electron chi connectivity index (χ3n) is 2.86. The van der Waals surface area contributed by atoms with Crippen LogP contribution in [0.1, 0.15) is 10.4 Å². The molecule has 3 aromatic rings. The topological polar surface area (TPSA) is 47.8 Å². The zero-order valence-electron chi connectivity index (χ0n) is 9.65. The van der Waals surface area contributed by atoms with Gasteiger partial charge in [0.05, 0.1) is 0 Å². The van der Waals surface area contributed by atoms with Crippen LogP contribution in [-0.4, -0.2) is 20.5 Å². The van der Waals surface area contributed by atoms with Crippen molar-refractivity contribution in [1.82, 2.24) is 14.8 Å². The highest BCUT2D eigenvalue weighted by atomic mass is 16.1. The minimum atomic E-state index is 0.0392. The number of Topliss-reactive ketones (excluding diaryl/α,β-unsaturated/α-hetero) is 1. The first-order valence-electron chi connectivity index (χ1n) is 5.68. The largest absolute Gasteiger partial charge is 0.292 e. The number of benzene rings is 2. The Balaban J connectivity index is 2.01. The molecule has 0 N–H and O–H groups in total. The van der Waals surface area contributed by atoms with Crippen LogP contribution in [0.25, 0.3) is 10.8 Å². The Labute approximate surface area is 104 Å². The summed E-state index contributed by atoms with van der Waals surface area (Å²) < 4.78 is 1.53. The van der Waals surface area contributed by atoms with Crippen LogP contribution in [-0.2, 0) is 6.54 Å². The van der Waals surface area contributed by atoms with Crippen LogP contribution in [0.3, 0.4) is 0 Å². The van der Waals surface area contributed by atoms with Crippen LogP contribution >= 0.6 is 0 Å². The molecular formula is C14H11N3O. The maximum absolute atomic E-state index is 12.2. The van der Waals surface area contributed by atoms with E-state index in [-0.39, 0.29) is 12.3 Å². The van der Waals surface area contributed by atoms with E-state index < -0.39 is 0 Å². The van der Waals surface area contributed by atoms with Gasteiger partial charge in [0.15, 0.2) is 5.78 Å². The van der Waals surface area contributed by atoms with Gasteiger partial charge in [-0.15, -0.1) is 0 Å². The highest BCUT2D eigenvalue weighted by Crippen LogP contribution is 2.19. The second-order valence-electron chi connectivity index (χ2n) is 4.04. The Hall–Kier alpha value is -2.49. The predicted octanol–water partition coefficient (Wildman–Crippen LogP) is 2.31. The van der Waals surface area contributed by atoms with E-state index in [1.165, 1.54) is 11.0 Å². The number of fused-ring (bicyclic) bond motifs is 1. The van der Waals surface area contributed by atoms with Gasteiger partial charge in [-0.25, -0.2) is 9.67 Å². The summed E-state index contributed by atoms with van der Waals surface area (Å²) in [7, 11) is 0. The Bertz CT molecular complexity index is 684. The summed E-state index contributed by atoms with van der Waals surface area (Å²) in [6.07, 6.45) is 2.97. The summed E-state index contributed by atoms with van der Waals surface area (Å²) in [5.74, 6) is 0.0392. The molecule has 0 aliphatic carbocycles. The molecule has 0 atom stereocenters. The third-order valence-corrected chi connectivity index (χ3v) is 2.86. The monoisotopic (exact) mass is 237 g/mol. The lowest BCUT2D eigenvalue weighted by molar-refractivity contribution is 0.0969. The second kappa shape index (κ2) is 4.41. The van der Waals surface area contributed by atoms with E-state index in [2.05, 4.69) is 10.1 Å². The van der Waals surface area contributed by atoms with E-state index in [0.29, 0.717) is 0 Å². The third kappa shape index (κ3) is 1.88. The average Bonchev–Trinajstić information content (AvgIpc) is 2.91. The molecule has 0 fully saturated rings. The highest BCUT2D eigenvalue weighted by Gasteiger charge is 2.10. The van der Waals surface area contributed by atoms with E-state index in [0.717, 1.165) is 16.3 Å². The van der Waals surface area contributed by atoms with E-state index >= 15 is 0 Å². The molecule has 1 aromatic heterocycles. The quantitative estimate of drug-likeness (QED) is 0.657. The Kier molecular flexibility index (Phi) is 2.61. The number of hydrogen-bond acceptors (Lipinski definition) is 3. The molecule has 1 heterocycles. The van der Waals surface area contributed by atoms with Gasteiger partial charge in [-0.3, -0.25) is 4.79 Å². The van der Waals surface area contributed by atoms with Crippen LogP contribution in [0.5, 0.6) is 0 Å². The number of hydrogen-bond donors (Lipinski definition) is 0. The maximum Gasteiger partial charge on any atom is 0.184 e. The molecule has 0 unspecified atom stereocenters. The smallest absolute Gasteiger partial charge is 0.184 e. The maximum atomic E-state index is 12.2. The molecule has 0 bridgehead atoms. The molecule has 4 heteroatoms. The summed E-state index contributed by atoms with van der Waals surface area (Å²) in [5.41, 5.74) is 0.726. The van der Waals surface area contributed by atoms with E-state index in [1.54, 1.807) is 6.33 Å². The lowest BCUT2D eigenvalue weighted by Gasteiger charge is -2.05. The lowest BCUT2D eigenvalue weighted by Crippen LogP contribution is -2.11. The summed E-state index contributed by atoms with van der Waals surface area (Å²) in [6, 6.07) is 13.6. The molecule has 18 heavy (non-hydrogen) atoms. The van der Waals surface area contributed by atoms with Crippen LogP contribution in [0.15, 0.2) is 55.1 Å². The van der Waals surface area contributed by atoms with Gasteiger partial charge >= 0.3 is 0 Å². The summed E-state index contributed by atoms with van der Waals surface area (Å²) in [5, 5.41) is 5.99. The van der Waals surface area contributed by atoms with Gasteiger partial charge in [-0.05, 0) is 10.8 Å². The van der Waals surface area contributed by atoms with Crippen molar-refractivity contribution in [2.24, 2.45) is 0 Å². The summed E-state index contributed by atoms with van der Waals surface area (Å²) >= 11 is 0. The Morgan fingerprint density at radius 1 is 1.11 bits per heavy atom. The van der Waals surface area contributed by atoms with Crippen molar-refractivity contribution < 1.29 is 4.79 Å². The molecule has 3 rings (SSSR count). The molecule has 0 saturated heterocycles.